The van der Waals surface area contributed by atoms with E-state index in [0.717, 1.165) is 46.5 Å². The van der Waals surface area contributed by atoms with Crippen LogP contribution in [0.1, 0.15) is 48.2 Å². The number of allylic oxidation sites excluding steroid dienone is 9. The Bertz CT molecular complexity index is 1460. The summed E-state index contributed by atoms with van der Waals surface area (Å²) >= 11 is 0. The number of fused-ring (bicyclic) bond motifs is 5. The molecule has 7 rings (SSSR count). The number of aromatic nitrogens is 1. The van der Waals surface area contributed by atoms with Gasteiger partial charge in [0.2, 0.25) is 0 Å². The quantitative estimate of drug-likeness (QED) is 0.576. The van der Waals surface area contributed by atoms with Gasteiger partial charge in [0.05, 0.1) is 12.7 Å². The second-order valence-corrected chi connectivity index (χ2v) is 10.7. The van der Waals surface area contributed by atoms with Crippen molar-refractivity contribution in [2.24, 2.45) is 28.9 Å². The summed E-state index contributed by atoms with van der Waals surface area (Å²) in [7, 11) is 1.91. The molecule has 1 saturated heterocycles. The first-order valence-electron chi connectivity index (χ1n) is 13.6. The second kappa shape index (κ2) is 10.5. The minimum absolute atomic E-state index is 0.0287. The smallest absolute Gasteiger partial charge is 0.307 e. The van der Waals surface area contributed by atoms with Crippen LogP contribution < -0.4 is 0 Å². The highest BCUT2D eigenvalue weighted by Crippen LogP contribution is 2.39. The average molecular weight is 525 g/mol. The number of carboxylic acids is 1. The molecule has 1 N–H and O–H groups in total. The van der Waals surface area contributed by atoms with Crippen LogP contribution in [0.15, 0.2) is 87.3 Å². The highest BCUT2D eigenvalue weighted by Gasteiger charge is 2.35. The number of hydrogen-bond donors (Lipinski definition) is 1. The van der Waals surface area contributed by atoms with Gasteiger partial charge in [0.25, 0.3) is 5.91 Å². The minimum Gasteiger partial charge on any atom is -0.481 e. The number of piperidine rings is 1. The average Bonchev–Trinajstić information content (AvgIpc) is 3.28. The Morgan fingerprint density at radius 2 is 2.13 bits per heavy atom. The molecule has 1 aliphatic carbocycles. The van der Waals surface area contributed by atoms with E-state index in [0.29, 0.717) is 49.9 Å². The molecule has 0 spiro atoms. The SMILES string of the molecule is Cn1c2cc3c1N=CC(=CC=CC=COC1=NC=C(CC1)C(CC(=O)O)=C1C=CC4CCN(CC4C1)C2=O)C3. The molecular formula is C31H32N4O4. The highest BCUT2D eigenvalue weighted by atomic mass is 16.5. The molecule has 8 heteroatoms. The Kier molecular flexibility index (Phi) is 6.77. The van der Waals surface area contributed by atoms with Gasteiger partial charge in [-0.05, 0) is 65.5 Å². The summed E-state index contributed by atoms with van der Waals surface area (Å²) in [6.07, 6.45) is 20.8. The number of carboxylic acid groups (broad SMARTS) is 1. The molecule has 6 heterocycles. The van der Waals surface area contributed by atoms with Crippen molar-refractivity contribution in [1.82, 2.24) is 9.47 Å². The van der Waals surface area contributed by atoms with Gasteiger partial charge in [-0.1, -0.05) is 30.4 Å². The standard InChI is InChI=1S/C31H32N4O4/c1-34-27-15-24-13-20(17-33-30(24)34)5-3-2-4-12-39-28-9-8-23(18-32-28)26(16-29(36)37)22-7-6-21-10-11-35(31(27)38)19-25(21)14-22/h2-7,12,15,17-18,21,25H,8-11,13-14,16,19H2,1H3,(H,36,37). The molecular weight excluding hydrogens is 492 g/mol. The Morgan fingerprint density at radius 3 is 2.95 bits per heavy atom. The normalized spacial score (nSPS) is 24.3. The van der Waals surface area contributed by atoms with Crippen LogP contribution in [-0.2, 0) is 23.0 Å². The Labute approximate surface area is 227 Å². The molecule has 8 nitrogen and oxygen atoms in total. The number of aliphatic carboxylic acids is 1. The summed E-state index contributed by atoms with van der Waals surface area (Å²) in [5, 5.41) is 9.71. The Morgan fingerprint density at radius 1 is 1.23 bits per heavy atom. The number of nitrogens with zero attached hydrogens (tertiary/aromatic N) is 4. The second-order valence-electron chi connectivity index (χ2n) is 10.7. The third kappa shape index (κ3) is 5.11. The monoisotopic (exact) mass is 524 g/mol. The largest absolute Gasteiger partial charge is 0.481 e. The van der Waals surface area contributed by atoms with Crippen LogP contribution in [-0.4, -0.2) is 51.7 Å². The number of aliphatic imine (C=N–C) groups is 2. The zero-order valence-corrected chi connectivity index (χ0v) is 22.0. The molecule has 2 atom stereocenters. The van der Waals surface area contributed by atoms with E-state index in [1.54, 1.807) is 12.5 Å². The van der Waals surface area contributed by atoms with Crippen LogP contribution in [0.3, 0.4) is 0 Å². The summed E-state index contributed by atoms with van der Waals surface area (Å²) in [6.45, 7) is 1.35. The molecule has 8 bridgehead atoms. The van der Waals surface area contributed by atoms with Gasteiger partial charge in [0.1, 0.15) is 11.5 Å². The molecule has 39 heavy (non-hydrogen) atoms. The van der Waals surface area contributed by atoms with Crippen LogP contribution >= 0.6 is 0 Å². The van der Waals surface area contributed by atoms with E-state index < -0.39 is 5.97 Å². The highest BCUT2D eigenvalue weighted by molar-refractivity contribution is 5.95. The van der Waals surface area contributed by atoms with Crippen LogP contribution in [0.4, 0.5) is 5.82 Å². The van der Waals surface area contributed by atoms with Crippen LogP contribution in [0, 0.1) is 11.8 Å². The third-order valence-electron chi connectivity index (χ3n) is 8.24. The molecule has 1 aromatic rings. The summed E-state index contributed by atoms with van der Waals surface area (Å²) in [4.78, 5) is 36.7. The number of ether oxygens (including phenoxy) is 1. The van der Waals surface area contributed by atoms with Gasteiger partial charge in [-0.2, -0.15) is 0 Å². The van der Waals surface area contributed by atoms with Gasteiger partial charge >= 0.3 is 5.97 Å². The molecule has 1 fully saturated rings. The van der Waals surface area contributed by atoms with E-state index in [2.05, 4.69) is 22.1 Å². The topological polar surface area (TPSA) is 96.5 Å². The van der Waals surface area contributed by atoms with Crippen molar-refractivity contribution in [1.29, 1.82) is 0 Å². The maximum absolute atomic E-state index is 13.7. The number of carbonyl (C=O) groups is 2. The van der Waals surface area contributed by atoms with E-state index in [1.807, 2.05) is 53.1 Å². The number of carbonyl (C=O) groups excluding carboxylic acids is 1. The lowest BCUT2D eigenvalue weighted by atomic mass is 9.75. The molecule has 1 amide bonds. The summed E-state index contributed by atoms with van der Waals surface area (Å²) < 4.78 is 7.62. The Hall–Kier alpha value is -4.20. The molecule has 5 aliphatic heterocycles. The molecule has 1 aromatic heterocycles. The van der Waals surface area contributed by atoms with Crippen molar-refractivity contribution in [3.05, 3.63) is 88.5 Å². The molecule has 0 radical (unpaired) electrons. The summed E-state index contributed by atoms with van der Waals surface area (Å²) in [5.74, 6) is 1.23. The predicted octanol–water partition coefficient (Wildman–Crippen LogP) is 5.20. The van der Waals surface area contributed by atoms with Crippen molar-refractivity contribution in [2.75, 3.05) is 13.1 Å². The van der Waals surface area contributed by atoms with Crippen LogP contribution in [0.25, 0.3) is 0 Å². The van der Waals surface area contributed by atoms with Gasteiger partial charge in [0, 0.05) is 51.0 Å². The molecule has 6 aliphatic rings. The summed E-state index contributed by atoms with van der Waals surface area (Å²) in [5.41, 5.74) is 5.58. The lowest BCUT2D eigenvalue weighted by Crippen LogP contribution is -2.44. The van der Waals surface area contributed by atoms with E-state index in [-0.39, 0.29) is 18.2 Å². The van der Waals surface area contributed by atoms with Crippen molar-refractivity contribution in [3.63, 3.8) is 0 Å². The molecule has 2 unspecified atom stereocenters. The first-order valence-corrected chi connectivity index (χ1v) is 13.6. The first kappa shape index (κ1) is 25.1. The Balaban J connectivity index is 1.38. The van der Waals surface area contributed by atoms with Gasteiger partial charge in [-0.3, -0.25) is 9.59 Å². The third-order valence-corrected chi connectivity index (χ3v) is 8.24. The molecule has 200 valence electrons. The fraction of sp³-hybridized carbons (Fsp3) is 0.355. The maximum Gasteiger partial charge on any atom is 0.307 e. The van der Waals surface area contributed by atoms with Crippen LogP contribution in [0.2, 0.25) is 0 Å². The predicted molar refractivity (Wildman–Crippen MR) is 150 cm³/mol. The summed E-state index contributed by atoms with van der Waals surface area (Å²) in [6, 6.07) is 1.98. The number of hydrogen-bond acceptors (Lipinski definition) is 5. The van der Waals surface area contributed by atoms with Crippen molar-refractivity contribution < 1.29 is 19.4 Å². The van der Waals surface area contributed by atoms with Crippen molar-refractivity contribution in [2.45, 2.75) is 38.5 Å². The van der Waals surface area contributed by atoms with Crippen molar-refractivity contribution in [3.8, 4) is 0 Å². The molecule has 0 aromatic carbocycles. The van der Waals surface area contributed by atoms with Gasteiger partial charge < -0.3 is 19.3 Å². The minimum atomic E-state index is -0.857. The zero-order valence-electron chi connectivity index (χ0n) is 22.0. The lowest BCUT2D eigenvalue weighted by molar-refractivity contribution is -0.136. The first-order chi connectivity index (χ1) is 19.0. The fourth-order valence-corrected chi connectivity index (χ4v) is 6.18. The molecule has 0 saturated carbocycles. The van der Waals surface area contributed by atoms with E-state index in [1.165, 1.54) is 0 Å². The van der Waals surface area contributed by atoms with E-state index in [9.17, 15) is 14.7 Å². The van der Waals surface area contributed by atoms with E-state index >= 15 is 0 Å². The van der Waals surface area contributed by atoms with E-state index in [4.69, 9.17) is 4.74 Å². The maximum atomic E-state index is 13.7. The van der Waals surface area contributed by atoms with Crippen molar-refractivity contribution >= 4 is 29.8 Å². The van der Waals surface area contributed by atoms with Crippen LogP contribution in [0.5, 0.6) is 0 Å². The lowest BCUT2D eigenvalue weighted by Gasteiger charge is -2.40. The van der Waals surface area contributed by atoms with Gasteiger partial charge in [0.15, 0.2) is 5.90 Å². The number of amides is 1. The number of rotatable bonds is 2. The van der Waals surface area contributed by atoms with Gasteiger partial charge in [-0.25, -0.2) is 9.98 Å². The zero-order chi connectivity index (χ0) is 26.9. The fourth-order valence-electron chi connectivity index (χ4n) is 6.18. The van der Waals surface area contributed by atoms with Gasteiger partial charge in [-0.15, -0.1) is 0 Å².